The summed E-state index contributed by atoms with van der Waals surface area (Å²) in [5.41, 5.74) is 0.371. The predicted molar refractivity (Wildman–Crippen MR) is 162 cm³/mol. The number of fused-ring (bicyclic) bond motifs is 1. The molecule has 0 saturated carbocycles. The summed E-state index contributed by atoms with van der Waals surface area (Å²) in [6, 6.07) is 0. The fourth-order valence-electron chi connectivity index (χ4n) is 5.41. The summed E-state index contributed by atoms with van der Waals surface area (Å²) in [7, 11) is 3.45. The molecule has 1 unspecified atom stereocenters. The van der Waals surface area contributed by atoms with Gasteiger partial charge >= 0.3 is 5.69 Å². The number of aromatic nitrogens is 4. The summed E-state index contributed by atoms with van der Waals surface area (Å²) < 4.78 is 4.48. The smallest absolute Gasteiger partial charge is 0.332 e. The van der Waals surface area contributed by atoms with E-state index >= 15 is 0 Å². The Hall–Kier alpha value is -1.93. The molecule has 2 N–H and O–H groups in total. The van der Waals surface area contributed by atoms with Crippen molar-refractivity contribution >= 4 is 11.2 Å². The highest BCUT2D eigenvalue weighted by molar-refractivity contribution is 5.69. The second kappa shape index (κ2) is 20.0. The number of nitrogens with one attached hydrogen (secondary N) is 1. The average molecular weight is 548 g/mol. The molecule has 39 heavy (non-hydrogen) atoms. The first-order valence-corrected chi connectivity index (χ1v) is 16.0. The zero-order valence-electron chi connectivity index (χ0n) is 25.3. The SMILES string of the molecule is CCCCCCCCCCCCCNCC(O)CCCCCCCCCn1c(=O)c2c(ncn2C)n(C)c1=O. The van der Waals surface area contributed by atoms with E-state index in [1.54, 1.807) is 25.0 Å². The van der Waals surface area contributed by atoms with Crippen LogP contribution in [0.25, 0.3) is 11.2 Å². The van der Waals surface area contributed by atoms with Crippen LogP contribution in [0.15, 0.2) is 15.9 Å². The highest BCUT2D eigenvalue weighted by atomic mass is 16.3. The van der Waals surface area contributed by atoms with Gasteiger partial charge in [0.2, 0.25) is 0 Å². The summed E-state index contributed by atoms with van der Waals surface area (Å²) >= 11 is 0. The lowest BCUT2D eigenvalue weighted by Gasteiger charge is -2.12. The molecule has 2 rings (SSSR count). The highest BCUT2D eigenvalue weighted by Crippen LogP contribution is 2.12. The molecule has 8 nitrogen and oxygen atoms in total. The van der Waals surface area contributed by atoms with E-state index in [0.29, 0.717) is 24.3 Å². The van der Waals surface area contributed by atoms with Crippen LogP contribution in [-0.2, 0) is 20.6 Å². The van der Waals surface area contributed by atoms with Gasteiger partial charge in [0, 0.05) is 27.2 Å². The third kappa shape index (κ3) is 12.4. The minimum atomic E-state index is -0.293. The van der Waals surface area contributed by atoms with Crippen molar-refractivity contribution in [3.63, 3.8) is 0 Å². The Morgan fingerprint density at radius 1 is 0.795 bits per heavy atom. The van der Waals surface area contributed by atoms with Gasteiger partial charge in [-0.05, 0) is 25.8 Å². The quantitative estimate of drug-likeness (QED) is 0.162. The molecule has 0 aromatic carbocycles. The second-order valence-electron chi connectivity index (χ2n) is 11.5. The third-order valence-electron chi connectivity index (χ3n) is 7.96. The molecular formula is C31H57N5O3. The van der Waals surface area contributed by atoms with Crippen LogP contribution in [0.1, 0.15) is 129 Å². The normalized spacial score (nSPS) is 12.5. The first kappa shape index (κ1) is 33.3. The van der Waals surface area contributed by atoms with Crippen molar-refractivity contribution < 1.29 is 5.11 Å². The predicted octanol–water partition coefficient (Wildman–Crippen LogP) is 5.82. The van der Waals surface area contributed by atoms with Crippen molar-refractivity contribution in [2.45, 2.75) is 142 Å². The van der Waals surface area contributed by atoms with E-state index in [-0.39, 0.29) is 17.4 Å². The number of nitrogens with zero attached hydrogens (tertiary/aromatic N) is 4. The number of imidazole rings is 1. The topological polar surface area (TPSA) is 94.1 Å². The lowest BCUT2D eigenvalue weighted by atomic mass is 10.1. The van der Waals surface area contributed by atoms with Crippen LogP contribution in [0, 0.1) is 0 Å². The third-order valence-corrected chi connectivity index (χ3v) is 7.96. The Morgan fingerprint density at radius 3 is 1.95 bits per heavy atom. The fourth-order valence-corrected chi connectivity index (χ4v) is 5.41. The Kier molecular flexibility index (Phi) is 17.1. The number of hydrogen-bond acceptors (Lipinski definition) is 5. The Morgan fingerprint density at radius 2 is 1.33 bits per heavy atom. The van der Waals surface area contributed by atoms with E-state index in [2.05, 4.69) is 17.2 Å². The van der Waals surface area contributed by atoms with E-state index in [4.69, 9.17) is 0 Å². The number of aryl methyl sites for hydroxylation is 2. The number of unbranched alkanes of at least 4 members (excludes halogenated alkanes) is 16. The van der Waals surface area contributed by atoms with Crippen molar-refractivity contribution in [1.82, 2.24) is 24.0 Å². The van der Waals surface area contributed by atoms with Gasteiger partial charge in [0.15, 0.2) is 11.2 Å². The van der Waals surface area contributed by atoms with Crippen LogP contribution in [-0.4, -0.2) is 43.0 Å². The van der Waals surface area contributed by atoms with Crippen molar-refractivity contribution in [2.75, 3.05) is 13.1 Å². The fraction of sp³-hybridized carbons (Fsp3) is 0.839. The van der Waals surface area contributed by atoms with Gasteiger partial charge in [-0.2, -0.15) is 0 Å². The standard InChI is InChI=1S/C31H57N5O3/c1-4-5-6-7-8-9-10-11-14-17-20-23-32-25-27(37)22-19-16-13-12-15-18-21-24-36-30(38)28-29(33-26-34(28)2)35(3)31(36)39/h26-27,32,37H,4-25H2,1-3H3. The molecule has 2 aromatic rings. The molecule has 0 fully saturated rings. The maximum Gasteiger partial charge on any atom is 0.332 e. The Bertz CT molecular complexity index is 1030. The van der Waals surface area contributed by atoms with E-state index in [1.807, 2.05) is 0 Å². The highest BCUT2D eigenvalue weighted by Gasteiger charge is 2.14. The Labute approximate surface area is 236 Å². The van der Waals surface area contributed by atoms with Crippen LogP contribution in [0.3, 0.4) is 0 Å². The van der Waals surface area contributed by atoms with Crippen molar-refractivity contribution in [3.8, 4) is 0 Å². The molecule has 8 heteroatoms. The molecule has 2 heterocycles. The molecule has 224 valence electrons. The average Bonchev–Trinajstić information content (AvgIpc) is 3.32. The van der Waals surface area contributed by atoms with E-state index in [0.717, 1.165) is 51.5 Å². The number of aliphatic hydroxyl groups excluding tert-OH is 1. The lowest BCUT2D eigenvalue weighted by molar-refractivity contribution is 0.158. The van der Waals surface area contributed by atoms with Gasteiger partial charge in [-0.3, -0.25) is 13.9 Å². The molecule has 0 saturated heterocycles. The van der Waals surface area contributed by atoms with E-state index < -0.39 is 0 Å². The summed E-state index contributed by atoms with van der Waals surface area (Å²) in [6.07, 6.45) is 24.7. The van der Waals surface area contributed by atoms with Gasteiger partial charge in [0.25, 0.3) is 5.56 Å². The van der Waals surface area contributed by atoms with Gasteiger partial charge in [0.05, 0.1) is 12.4 Å². The zero-order valence-corrected chi connectivity index (χ0v) is 25.3. The van der Waals surface area contributed by atoms with Crippen LogP contribution >= 0.6 is 0 Å². The van der Waals surface area contributed by atoms with Gasteiger partial charge in [-0.15, -0.1) is 0 Å². The van der Waals surface area contributed by atoms with Gasteiger partial charge < -0.3 is 15.0 Å². The maximum atomic E-state index is 12.7. The first-order chi connectivity index (χ1) is 19.0. The van der Waals surface area contributed by atoms with E-state index in [1.165, 1.54) is 86.2 Å². The monoisotopic (exact) mass is 547 g/mol. The maximum absolute atomic E-state index is 12.7. The van der Waals surface area contributed by atoms with Gasteiger partial charge in [-0.25, -0.2) is 9.78 Å². The molecule has 0 spiro atoms. The van der Waals surface area contributed by atoms with E-state index in [9.17, 15) is 14.7 Å². The molecule has 0 bridgehead atoms. The molecule has 2 aromatic heterocycles. The summed E-state index contributed by atoms with van der Waals surface area (Å²) in [5.74, 6) is 0. The lowest BCUT2D eigenvalue weighted by Crippen LogP contribution is -2.39. The van der Waals surface area contributed by atoms with Crippen LogP contribution in [0.5, 0.6) is 0 Å². The summed E-state index contributed by atoms with van der Waals surface area (Å²) in [4.78, 5) is 29.4. The van der Waals surface area contributed by atoms with Crippen LogP contribution in [0.2, 0.25) is 0 Å². The molecule has 0 aliphatic carbocycles. The summed E-state index contributed by atoms with van der Waals surface area (Å²) in [5, 5.41) is 13.6. The second-order valence-corrected chi connectivity index (χ2v) is 11.5. The molecule has 0 aliphatic rings. The number of hydrogen-bond donors (Lipinski definition) is 2. The number of aliphatic hydroxyl groups is 1. The first-order valence-electron chi connectivity index (χ1n) is 16.0. The van der Waals surface area contributed by atoms with Crippen molar-refractivity contribution in [2.24, 2.45) is 14.1 Å². The molecular weight excluding hydrogens is 490 g/mol. The molecule has 1 atom stereocenters. The largest absolute Gasteiger partial charge is 0.392 e. The number of rotatable bonds is 24. The summed E-state index contributed by atoms with van der Waals surface area (Å²) in [6.45, 7) is 4.45. The van der Waals surface area contributed by atoms with Crippen LogP contribution in [0.4, 0.5) is 0 Å². The van der Waals surface area contributed by atoms with Crippen LogP contribution < -0.4 is 16.6 Å². The van der Waals surface area contributed by atoms with Gasteiger partial charge in [0.1, 0.15) is 0 Å². The zero-order chi connectivity index (χ0) is 28.3. The molecule has 0 radical (unpaired) electrons. The van der Waals surface area contributed by atoms with Crippen molar-refractivity contribution in [1.29, 1.82) is 0 Å². The molecule has 0 aliphatic heterocycles. The molecule has 0 amide bonds. The minimum absolute atomic E-state index is 0.240. The Balaban J connectivity index is 1.39. The minimum Gasteiger partial charge on any atom is -0.392 e. The van der Waals surface area contributed by atoms with Crippen molar-refractivity contribution in [3.05, 3.63) is 27.2 Å². The van der Waals surface area contributed by atoms with Gasteiger partial charge in [-0.1, -0.05) is 110 Å².